The maximum Gasteiger partial charge on any atom is 0.254 e. The molecule has 0 unspecified atom stereocenters. The summed E-state index contributed by atoms with van der Waals surface area (Å²) in [6.07, 6.45) is 3.19. The summed E-state index contributed by atoms with van der Waals surface area (Å²) in [6.45, 7) is 0.102. The highest BCUT2D eigenvalue weighted by Crippen LogP contribution is 2.30. The first-order valence-electron chi connectivity index (χ1n) is 8.20. The van der Waals surface area contributed by atoms with Crippen molar-refractivity contribution in [2.45, 2.75) is 25.4 Å². The van der Waals surface area contributed by atoms with Crippen LogP contribution in [-0.4, -0.2) is 37.1 Å². The van der Waals surface area contributed by atoms with E-state index in [4.69, 9.17) is 0 Å². The van der Waals surface area contributed by atoms with Crippen LogP contribution in [0.15, 0.2) is 48.8 Å². The lowest BCUT2D eigenvalue weighted by molar-refractivity contribution is 0.0728. The minimum atomic E-state index is -0.647. The second kappa shape index (κ2) is 6.62. The van der Waals surface area contributed by atoms with Gasteiger partial charge in [-0.3, -0.25) is 4.79 Å². The van der Waals surface area contributed by atoms with Crippen LogP contribution in [0.2, 0.25) is 0 Å². The SMILES string of the molecule is O=C(c1cccc(-n2cnnn2)c1)N(Cc1ccc(F)cc1F)C1CC1. The summed E-state index contributed by atoms with van der Waals surface area (Å²) >= 11 is 0. The lowest BCUT2D eigenvalue weighted by atomic mass is 10.1. The van der Waals surface area contributed by atoms with E-state index < -0.39 is 11.6 Å². The molecule has 8 heteroatoms. The van der Waals surface area contributed by atoms with E-state index in [0.717, 1.165) is 18.9 Å². The van der Waals surface area contributed by atoms with Gasteiger partial charge in [-0.25, -0.2) is 13.5 Å². The van der Waals surface area contributed by atoms with Gasteiger partial charge in [0.2, 0.25) is 0 Å². The van der Waals surface area contributed by atoms with Crippen LogP contribution in [0.1, 0.15) is 28.8 Å². The molecule has 2 aromatic carbocycles. The van der Waals surface area contributed by atoms with Crippen LogP contribution in [0.3, 0.4) is 0 Å². The van der Waals surface area contributed by atoms with Crippen LogP contribution in [0.5, 0.6) is 0 Å². The summed E-state index contributed by atoms with van der Waals surface area (Å²) in [7, 11) is 0. The van der Waals surface area contributed by atoms with E-state index in [-0.39, 0.29) is 18.5 Å². The minimum absolute atomic E-state index is 0.0728. The van der Waals surface area contributed by atoms with Crippen LogP contribution in [0.4, 0.5) is 8.78 Å². The van der Waals surface area contributed by atoms with Gasteiger partial charge in [0.25, 0.3) is 5.91 Å². The average Bonchev–Trinajstić information content (AvgIpc) is 3.33. The first kappa shape index (κ1) is 16.3. The van der Waals surface area contributed by atoms with Crippen LogP contribution in [0.25, 0.3) is 5.69 Å². The summed E-state index contributed by atoms with van der Waals surface area (Å²) in [6, 6.07) is 10.4. The van der Waals surface area contributed by atoms with Crippen molar-refractivity contribution in [2.75, 3.05) is 0 Å². The molecule has 1 fully saturated rings. The molecule has 1 saturated carbocycles. The molecule has 6 nitrogen and oxygen atoms in total. The molecule has 0 radical (unpaired) electrons. The van der Waals surface area contributed by atoms with Crippen LogP contribution >= 0.6 is 0 Å². The van der Waals surface area contributed by atoms with Crippen LogP contribution in [-0.2, 0) is 6.54 Å². The van der Waals surface area contributed by atoms with Crippen molar-refractivity contribution in [1.82, 2.24) is 25.1 Å². The van der Waals surface area contributed by atoms with Gasteiger partial charge < -0.3 is 4.90 Å². The Morgan fingerprint density at radius 3 is 2.73 bits per heavy atom. The first-order valence-corrected chi connectivity index (χ1v) is 8.20. The van der Waals surface area contributed by atoms with Gasteiger partial charge in [0, 0.05) is 29.8 Å². The first-order chi connectivity index (χ1) is 12.6. The largest absolute Gasteiger partial charge is 0.331 e. The summed E-state index contributed by atoms with van der Waals surface area (Å²) < 4.78 is 28.6. The number of carbonyl (C=O) groups is 1. The standard InChI is InChI=1S/C18H15F2N5O/c19-14-5-4-13(17(20)9-14)10-24(15-6-7-15)18(26)12-2-1-3-16(8-12)25-11-21-22-23-25/h1-5,8-9,11,15H,6-7,10H2. The van der Waals surface area contributed by atoms with E-state index in [1.165, 1.54) is 23.1 Å². The number of carbonyl (C=O) groups excluding carboxylic acids is 1. The van der Waals surface area contributed by atoms with E-state index in [0.29, 0.717) is 16.8 Å². The van der Waals surface area contributed by atoms with Gasteiger partial charge in [-0.1, -0.05) is 12.1 Å². The van der Waals surface area contributed by atoms with Gasteiger partial charge in [-0.2, -0.15) is 0 Å². The van der Waals surface area contributed by atoms with E-state index in [2.05, 4.69) is 15.5 Å². The molecular formula is C18H15F2N5O. The highest BCUT2D eigenvalue weighted by molar-refractivity contribution is 5.95. The Labute approximate surface area is 148 Å². The number of rotatable bonds is 5. The molecule has 1 aromatic heterocycles. The Hall–Kier alpha value is -3.16. The van der Waals surface area contributed by atoms with Gasteiger partial charge in [0.05, 0.1) is 5.69 Å². The summed E-state index contributed by atoms with van der Waals surface area (Å²) in [5, 5.41) is 11.0. The third-order valence-corrected chi connectivity index (χ3v) is 4.31. The van der Waals surface area contributed by atoms with E-state index >= 15 is 0 Å². The van der Waals surface area contributed by atoms with Gasteiger partial charge in [-0.05, 0) is 47.5 Å². The summed E-state index contributed by atoms with van der Waals surface area (Å²) in [5.74, 6) is -1.48. The van der Waals surface area contributed by atoms with Gasteiger partial charge >= 0.3 is 0 Å². The highest BCUT2D eigenvalue weighted by atomic mass is 19.1. The normalized spacial score (nSPS) is 13.6. The molecule has 1 aliphatic rings. The lowest BCUT2D eigenvalue weighted by Gasteiger charge is -2.23. The number of hydrogen-bond acceptors (Lipinski definition) is 4. The molecular weight excluding hydrogens is 340 g/mol. The Bertz CT molecular complexity index is 941. The zero-order chi connectivity index (χ0) is 18.1. The minimum Gasteiger partial charge on any atom is -0.331 e. The highest BCUT2D eigenvalue weighted by Gasteiger charge is 2.33. The van der Waals surface area contributed by atoms with Gasteiger partial charge in [0.1, 0.15) is 18.0 Å². The Balaban J connectivity index is 1.61. The van der Waals surface area contributed by atoms with Gasteiger partial charge in [0.15, 0.2) is 0 Å². The number of amides is 1. The Morgan fingerprint density at radius 1 is 1.19 bits per heavy atom. The fourth-order valence-corrected chi connectivity index (χ4v) is 2.81. The molecule has 4 rings (SSSR count). The van der Waals surface area contributed by atoms with Crippen molar-refractivity contribution in [3.8, 4) is 5.69 Å². The smallest absolute Gasteiger partial charge is 0.254 e. The number of nitrogens with zero attached hydrogens (tertiary/aromatic N) is 5. The molecule has 3 aromatic rings. The van der Waals surface area contributed by atoms with Crippen molar-refractivity contribution in [3.63, 3.8) is 0 Å². The van der Waals surface area contributed by atoms with Crippen molar-refractivity contribution in [1.29, 1.82) is 0 Å². The number of benzene rings is 2. The molecule has 0 aliphatic heterocycles. The van der Waals surface area contributed by atoms with E-state index in [1.807, 2.05) is 0 Å². The summed E-state index contributed by atoms with van der Waals surface area (Å²) in [4.78, 5) is 14.6. The topological polar surface area (TPSA) is 63.9 Å². The lowest BCUT2D eigenvalue weighted by Crippen LogP contribution is -2.33. The quantitative estimate of drug-likeness (QED) is 0.706. The van der Waals surface area contributed by atoms with E-state index in [1.54, 1.807) is 29.2 Å². The predicted molar refractivity (Wildman–Crippen MR) is 88.4 cm³/mol. The average molecular weight is 355 g/mol. The third-order valence-electron chi connectivity index (χ3n) is 4.31. The van der Waals surface area contributed by atoms with Crippen molar-refractivity contribution in [2.24, 2.45) is 0 Å². The van der Waals surface area contributed by atoms with Crippen LogP contribution in [0, 0.1) is 11.6 Å². The Kier molecular flexibility index (Phi) is 4.16. The molecule has 1 heterocycles. The Morgan fingerprint density at radius 2 is 2.04 bits per heavy atom. The molecule has 26 heavy (non-hydrogen) atoms. The number of halogens is 2. The maximum atomic E-state index is 14.0. The second-order valence-corrected chi connectivity index (χ2v) is 6.20. The fourth-order valence-electron chi connectivity index (χ4n) is 2.81. The van der Waals surface area contributed by atoms with Crippen molar-refractivity contribution in [3.05, 3.63) is 71.6 Å². The monoisotopic (exact) mass is 355 g/mol. The fraction of sp³-hybridized carbons (Fsp3) is 0.222. The third kappa shape index (κ3) is 3.30. The summed E-state index contributed by atoms with van der Waals surface area (Å²) in [5.41, 5.74) is 1.42. The zero-order valence-electron chi connectivity index (χ0n) is 13.7. The molecule has 0 N–H and O–H groups in total. The predicted octanol–water partition coefficient (Wildman–Crippen LogP) is 2.75. The van der Waals surface area contributed by atoms with Gasteiger partial charge in [-0.15, -0.1) is 5.10 Å². The molecule has 0 saturated heterocycles. The molecule has 1 amide bonds. The number of hydrogen-bond donors (Lipinski definition) is 0. The number of tetrazole rings is 1. The van der Waals surface area contributed by atoms with E-state index in [9.17, 15) is 13.6 Å². The molecule has 0 spiro atoms. The number of aromatic nitrogens is 4. The molecule has 132 valence electrons. The maximum absolute atomic E-state index is 14.0. The molecule has 1 aliphatic carbocycles. The molecule has 0 atom stereocenters. The molecule has 0 bridgehead atoms. The van der Waals surface area contributed by atoms with Crippen LogP contribution < -0.4 is 0 Å². The van der Waals surface area contributed by atoms with Crippen molar-refractivity contribution < 1.29 is 13.6 Å². The van der Waals surface area contributed by atoms with Crippen molar-refractivity contribution >= 4 is 5.91 Å². The zero-order valence-corrected chi connectivity index (χ0v) is 13.7. The second-order valence-electron chi connectivity index (χ2n) is 6.20.